The van der Waals surface area contributed by atoms with Crippen molar-refractivity contribution in [3.05, 3.63) is 65.5 Å². The SMILES string of the molecule is Cc1cccc2c1CCN2C(=O)c1nc(-c2ccccc2)nn1C. The average Bonchev–Trinajstić information content (AvgIpc) is 3.20. The number of aromatic nitrogens is 3. The summed E-state index contributed by atoms with van der Waals surface area (Å²) in [6.07, 6.45) is 0.886. The highest BCUT2D eigenvalue weighted by atomic mass is 16.2. The number of rotatable bonds is 2. The lowest BCUT2D eigenvalue weighted by atomic mass is 10.1. The summed E-state index contributed by atoms with van der Waals surface area (Å²) in [7, 11) is 1.76. The summed E-state index contributed by atoms with van der Waals surface area (Å²) in [4.78, 5) is 19.3. The first-order valence-electron chi connectivity index (χ1n) is 8.02. The molecule has 1 aliphatic rings. The molecular weight excluding hydrogens is 300 g/mol. The Labute approximate surface area is 140 Å². The average molecular weight is 318 g/mol. The molecule has 2 heterocycles. The van der Waals surface area contributed by atoms with Crippen LogP contribution in [-0.4, -0.2) is 27.2 Å². The van der Waals surface area contributed by atoms with Gasteiger partial charge in [-0.1, -0.05) is 42.5 Å². The summed E-state index contributed by atoms with van der Waals surface area (Å²) < 4.78 is 1.57. The number of hydrogen-bond donors (Lipinski definition) is 0. The van der Waals surface area contributed by atoms with Gasteiger partial charge in [0.05, 0.1) is 0 Å². The fourth-order valence-corrected chi connectivity index (χ4v) is 3.22. The number of hydrogen-bond acceptors (Lipinski definition) is 3. The molecule has 0 atom stereocenters. The highest BCUT2D eigenvalue weighted by Crippen LogP contribution is 2.31. The predicted octanol–water partition coefficient (Wildman–Crippen LogP) is 2.99. The first-order chi connectivity index (χ1) is 11.6. The van der Waals surface area contributed by atoms with Crippen molar-refractivity contribution in [3.8, 4) is 11.4 Å². The molecule has 0 N–H and O–H groups in total. The molecule has 0 saturated heterocycles. The van der Waals surface area contributed by atoms with Crippen LogP contribution in [0.3, 0.4) is 0 Å². The third-order valence-electron chi connectivity index (χ3n) is 4.49. The third-order valence-corrected chi connectivity index (χ3v) is 4.49. The molecule has 0 unspecified atom stereocenters. The van der Waals surface area contributed by atoms with E-state index in [-0.39, 0.29) is 5.91 Å². The molecular formula is C19H18N4O. The molecule has 5 heteroatoms. The van der Waals surface area contributed by atoms with Crippen molar-refractivity contribution in [1.29, 1.82) is 0 Å². The van der Waals surface area contributed by atoms with Crippen LogP contribution in [0.4, 0.5) is 5.69 Å². The van der Waals surface area contributed by atoms with Gasteiger partial charge >= 0.3 is 0 Å². The fourth-order valence-electron chi connectivity index (χ4n) is 3.22. The van der Waals surface area contributed by atoms with E-state index in [0.29, 0.717) is 18.2 Å². The van der Waals surface area contributed by atoms with Gasteiger partial charge in [0.25, 0.3) is 5.91 Å². The molecule has 0 spiro atoms. The predicted molar refractivity (Wildman–Crippen MR) is 93.0 cm³/mol. The molecule has 2 aromatic carbocycles. The number of carbonyl (C=O) groups excluding carboxylic acids is 1. The van der Waals surface area contributed by atoms with Crippen molar-refractivity contribution in [3.63, 3.8) is 0 Å². The number of fused-ring (bicyclic) bond motifs is 1. The molecule has 0 fully saturated rings. The molecule has 0 bridgehead atoms. The lowest BCUT2D eigenvalue weighted by Gasteiger charge is -2.16. The Morgan fingerprint density at radius 2 is 1.88 bits per heavy atom. The number of carbonyl (C=O) groups is 1. The van der Waals surface area contributed by atoms with Crippen LogP contribution in [0.5, 0.6) is 0 Å². The van der Waals surface area contributed by atoms with Gasteiger partial charge in [-0.15, -0.1) is 0 Å². The Morgan fingerprint density at radius 1 is 1.08 bits per heavy atom. The van der Waals surface area contributed by atoms with E-state index >= 15 is 0 Å². The van der Waals surface area contributed by atoms with E-state index in [0.717, 1.165) is 17.7 Å². The van der Waals surface area contributed by atoms with Crippen LogP contribution in [0.25, 0.3) is 11.4 Å². The van der Waals surface area contributed by atoms with E-state index in [2.05, 4.69) is 23.1 Å². The molecule has 1 aromatic heterocycles. The molecule has 120 valence electrons. The van der Waals surface area contributed by atoms with Crippen molar-refractivity contribution in [1.82, 2.24) is 14.8 Å². The van der Waals surface area contributed by atoms with Gasteiger partial charge in [0.15, 0.2) is 5.82 Å². The van der Waals surface area contributed by atoms with Gasteiger partial charge < -0.3 is 4.90 Å². The lowest BCUT2D eigenvalue weighted by Crippen LogP contribution is -2.31. The normalized spacial score (nSPS) is 13.2. The zero-order valence-electron chi connectivity index (χ0n) is 13.7. The standard InChI is InChI=1S/C19H18N4O/c1-13-7-6-10-16-15(13)11-12-23(16)19(24)18-20-17(21-22(18)2)14-8-4-3-5-9-14/h3-10H,11-12H2,1-2H3. The van der Waals surface area contributed by atoms with Crippen LogP contribution in [0.1, 0.15) is 21.7 Å². The van der Waals surface area contributed by atoms with Crippen molar-refractivity contribution < 1.29 is 4.79 Å². The highest BCUT2D eigenvalue weighted by Gasteiger charge is 2.29. The van der Waals surface area contributed by atoms with E-state index in [1.54, 1.807) is 16.6 Å². The summed E-state index contributed by atoms with van der Waals surface area (Å²) in [5.74, 6) is 0.838. The van der Waals surface area contributed by atoms with E-state index in [9.17, 15) is 4.79 Å². The molecule has 5 nitrogen and oxygen atoms in total. The second-order valence-corrected chi connectivity index (χ2v) is 6.03. The third kappa shape index (κ3) is 2.29. The van der Waals surface area contributed by atoms with Crippen molar-refractivity contribution in [2.45, 2.75) is 13.3 Å². The quantitative estimate of drug-likeness (QED) is 0.730. The van der Waals surface area contributed by atoms with Crippen LogP contribution in [0.2, 0.25) is 0 Å². The molecule has 1 amide bonds. The molecule has 24 heavy (non-hydrogen) atoms. The van der Waals surface area contributed by atoms with Gasteiger partial charge in [-0.3, -0.25) is 4.79 Å². The monoisotopic (exact) mass is 318 g/mol. The van der Waals surface area contributed by atoms with Gasteiger partial charge in [0.1, 0.15) is 0 Å². The Balaban J connectivity index is 1.70. The first kappa shape index (κ1) is 14.6. The Bertz CT molecular complexity index is 914. The zero-order valence-corrected chi connectivity index (χ0v) is 13.7. The Hall–Kier alpha value is -2.95. The minimum absolute atomic E-state index is 0.100. The summed E-state index contributed by atoms with van der Waals surface area (Å²) in [6, 6.07) is 15.8. The smallest absolute Gasteiger partial charge is 0.295 e. The molecule has 0 aliphatic carbocycles. The minimum Gasteiger partial charge on any atom is -0.305 e. The summed E-state index contributed by atoms with van der Waals surface area (Å²) in [5.41, 5.74) is 4.37. The zero-order chi connectivity index (χ0) is 16.7. The van der Waals surface area contributed by atoms with Gasteiger partial charge in [-0.2, -0.15) is 5.10 Å². The lowest BCUT2D eigenvalue weighted by molar-refractivity contribution is 0.0975. The second kappa shape index (κ2) is 5.60. The maximum Gasteiger partial charge on any atom is 0.295 e. The van der Waals surface area contributed by atoms with Crippen molar-refractivity contribution in [2.24, 2.45) is 7.05 Å². The second-order valence-electron chi connectivity index (χ2n) is 6.03. The highest BCUT2D eigenvalue weighted by molar-refractivity contribution is 6.05. The van der Waals surface area contributed by atoms with Gasteiger partial charge in [0, 0.05) is 24.8 Å². The maximum atomic E-state index is 13.0. The van der Waals surface area contributed by atoms with Gasteiger partial charge in [-0.05, 0) is 30.5 Å². The largest absolute Gasteiger partial charge is 0.305 e. The minimum atomic E-state index is -0.100. The van der Waals surface area contributed by atoms with Gasteiger partial charge in [0.2, 0.25) is 5.82 Å². The summed E-state index contributed by atoms with van der Waals surface area (Å²) in [5, 5.41) is 4.40. The summed E-state index contributed by atoms with van der Waals surface area (Å²) in [6.45, 7) is 2.77. The van der Waals surface area contributed by atoms with Crippen molar-refractivity contribution >= 4 is 11.6 Å². The first-order valence-corrected chi connectivity index (χ1v) is 8.02. The Kier molecular flexibility index (Phi) is 3.41. The van der Waals surface area contributed by atoms with E-state index < -0.39 is 0 Å². The van der Waals surface area contributed by atoms with Crippen LogP contribution >= 0.6 is 0 Å². The van der Waals surface area contributed by atoms with Crippen LogP contribution in [0, 0.1) is 6.92 Å². The summed E-state index contributed by atoms with van der Waals surface area (Å²) >= 11 is 0. The van der Waals surface area contributed by atoms with E-state index in [4.69, 9.17) is 0 Å². The van der Waals surface area contributed by atoms with Gasteiger partial charge in [-0.25, -0.2) is 9.67 Å². The number of benzene rings is 2. The molecule has 4 rings (SSSR count). The Morgan fingerprint density at radius 3 is 2.67 bits per heavy atom. The molecule has 0 saturated carbocycles. The molecule has 1 aliphatic heterocycles. The van der Waals surface area contributed by atoms with E-state index in [1.807, 2.05) is 42.5 Å². The molecule has 0 radical (unpaired) electrons. The number of amides is 1. The van der Waals surface area contributed by atoms with Crippen LogP contribution < -0.4 is 4.90 Å². The number of nitrogens with zero attached hydrogens (tertiary/aromatic N) is 4. The fraction of sp³-hybridized carbons (Fsp3) is 0.211. The molecule has 3 aromatic rings. The van der Waals surface area contributed by atoms with E-state index in [1.165, 1.54) is 11.1 Å². The number of anilines is 1. The van der Waals surface area contributed by atoms with Crippen molar-refractivity contribution in [2.75, 3.05) is 11.4 Å². The maximum absolute atomic E-state index is 13.0. The number of aryl methyl sites for hydroxylation is 2. The topological polar surface area (TPSA) is 51.0 Å². The van der Waals surface area contributed by atoms with Crippen LogP contribution in [0.15, 0.2) is 48.5 Å². The van der Waals surface area contributed by atoms with Crippen LogP contribution in [-0.2, 0) is 13.5 Å².